The highest BCUT2D eigenvalue weighted by Crippen LogP contribution is 2.43. The van der Waals surface area contributed by atoms with E-state index in [2.05, 4.69) is 52.9 Å². The van der Waals surface area contributed by atoms with E-state index in [0.717, 1.165) is 120 Å². The van der Waals surface area contributed by atoms with Gasteiger partial charge in [-0.3, -0.25) is 4.79 Å². The quantitative estimate of drug-likeness (QED) is 0.0884. The van der Waals surface area contributed by atoms with Crippen molar-refractivity contribution in [1.29, 1.82) is 0 Å². The normalized spacial score (nSPS) is 13.3. The molecule has 0 bridgehead atoms. The minimum absolute atomic E-state index is 0.0971. The molecule has 16 aromatic rings. The fourth-order valence-electron chi connectivity index (χ4n) is 12.8. The van der Waals surface area contributed by atoms with Gasteiger partial charge in [0.05, 0.1) is 60.8 Å². The molecule has 0 radical (unpaired) electrons. The average Bonchev–Trinajstić information content (AvgIpc) is 1.67. The Kier molecular flexibility index (Phi) is 21.0. The van der Waals surface area contributed by atoms with E-state index in [1.165, 1.54) is 12.8 Å². The second-order valence-electron chi connectivity index (χ2n) is 25.5. The molecule has 0 amide bonds. The third-order valence-electron chi connectivity index (χ3n) is 18.3. The maximum Gasteiger partial charge on any atom is 0.182 e. The van der Waals surface area contributed by atoms with Crippen LogP contribution >= 0.6 is 46.4 Å². The molecule has 1 aliphatic heterocycles. The number of benzene rings is 8. The molecule has 8 aromatic carbocycles. The summed E-state index contributed by atoms with van der Waals surface area (Å²) in [6.07, 6.45) is 5.16. The number of ether oxygens (including phenoxy) is 1. The lowest BCUT2D eigenvalue weighted by atomic mass is 10.1. The van der Waals surface area contributed by atoms with Crippen LogP contribution in [0, 0.1) is 5.92 Å². The molecule has 0 spiro atoms. The molecule has 1 aliphatic carbocycles. The van der Waals surface area contributed by atoms with Crippen LogP contribution in [-0.4, -0.2) is 98.4 Å². The van der Waals surface area contributed by atoms with Gasteiger partial charge in [0.15, 0.2) is 22.6 Å². The number of rotatable bonds is 16. The van der Waals surface area contributed by atoms with Gasteiger partial charge in [0.2, 0.25) is 0 Å². The third kappa shape index (κ3) is 15.0. The Morgan fingerprint density at radius 1 is 0.352 bits per heavy atom. The van der Waals surface area contributed by atoms with Gasteiger partial charge in [0.1, 0.15) is 51.3 Å². The van der Waals surface area contributed by atoms with Gasteiger partial charge >= 0.3 is 0 Å². The van der Waals surface area contributed by atoms with Gasteiger partial charge in [0.25, 0.3) is 0 Å². The van der Waals surface area contributed by atoms with Crippen LogP contribution in [0.5, 0.6) is 0 Å². The monoisotopic (exact) mass is 1460 g/mol. The first-order valence-electron chi connectivity index (χ1n) is 34.8. The molecule has 1 saturated carbocycles. The second kappa shape index (κ2) is 31.8. The number of ketones is 1. The second-order valence-corrected chi connectivity index (χ2v) is 27.0. The highest BCUT2D eigenvalue weighted by atomic mass is 35.5. The maximum absolute atomic E-state index is 11.4. The van der Waals surface area contributed by atoms with Gasteiger partial charge in [-0.05, 0) is 45.4 Å². The van der Waals surface area contributed by atoms with Crippen molar-refractivity contribution < 1.29 is 9.53 Å². The lowest BCUT2D eigenvalue weighted by molar-refractivity contribution is -0.117. The summed E-state index contributed by atoms with van der Waals surface area (Å²) < 4.78 is 13.2. The van der Waals surface area contributed by atoms with Crippen LogP contribution in [0.3, 0.4) is 0 Å². The van der Waals surface area contributed by atoms with Gasteiger partial charge in [0, 0.05) is 70.6 Å². The van der Waals surface area contributed by atoms with Gasteiger partial charge < -0.3 is 4.74 Å². The Morgan fingerprint density at radius 3 is 0.895 bits per heavy atom. The van der Waals surface area contributed by atoms with Crippen LogP contribution in [0.2, 0.25) is 20.1 Å². The SMILES string of the molecule is CC(=O)CCn1nc(-c2ccccc2)c2c(Cl)c(-c3ccccc3)nnc21.CCn1nc(-c2ccccc2)c2c(Cl)c(-c3ccccc3)nnc21.Clc1c(-c2ccccc2)nnc2c1c(-c1ccccc1)nn2CC1CC1.Clc1c(-c2ccccc2)nnc2c1c(-c1ccccc1)nn2C[C@H]1CCCO1. The molecule has 18 rings (SSSR count). The molecule has 8 aromatic heterocycles. The van der Waals surface area contributed by atoms with E-state index in [1.54, 1.807) is 11.6 Å². The number of carbonyl (C=O) groups excluding carboxylic acids is 1. The van der Waals surface area contributed by atoms with Crippen LogP contribution in [0.25, 0.3) is 134 Å². The molecule has 2 fully saturated rings. The largest absolute Gasteiger partial charge is 0.376 e. The zero-order chi connectivity index (χ0) is 71.8. The van der Waals surface area contributed by atoms with Crippen molar-refractivity contribution in [2.24, 2.45) is 5.92 Å². The van der Waals surface area contributed by atoms with E-state index in [9.17, 15) is 4.79 Å². The van der Waals surface area contributed by atoms with E-state index >= 15 is 0 Å². The Hall–Kier alpha value is -11.3. The molecule has 18 nitrogen and oxygen atoms in total. The summed E-state index contributed by atoms with van der Waals surface area (Å²) in [5.41, 5.74) is 16.4. The summed E-state index contributed by atoms with van der Waals surface area (Å²) in [7, 11) is 0. The van der Waals surface area contributed by atoms with Gasteiger partial charge in [-0.2, -0.15) is 20.4 Å². The van der Waals surface area contributed by atoms with E-state index in [4.69, 9.17) is 71.5 Å². The minimum atomic E-state index is 0.0971. The summed E-state index contributed by atoms with van der Waals surface area (Å²) in [4.78, 5) is 11.4. The van der Waals surface area contributed by atoms with Crippen molar-refractivity contribution in [2.75, 3.05) is 6.61 Å². The molecule has 520 valence electrons. The Labute approximate surface area is 625 Å². The molecule has 0 unspecified atom stereocenters. The van der Waals surface area contributed by atoms with Gasteiger partial charge in [-0.1, -0.05) is 289 Å². The zero-order valence-electron chi connectivity index (χ0n) is 57.3. The highest BCUT2D eigenvalue weighted by Gasteiger charge is 2.29. The van der Waals surface area contributed by atoms with Crippen molar-refractivity contribution in [2.45, 2.75) is 78.2 Å². The maximum atomic E-state index is 11.4. The third-order valence-corrected chi connectivity index (χ3v) is 19.7. The van der Waals surface area contributed by atoms with Crippen LogP contribution < -0.4 is 0 Å². The molecule has 105 heavy (non-hydrogen) atoms. The van der Waals surface area contributed by atoms with E-state index in [-0.39, 0.29) is 11.9 Å². The lowest BCUT2D eigenvalue weighted by Gasteiger charge is -2.10. The number of Topliss-reactive ketones (excluding diaryl/α,β-unsaturated/α-hetero) is 1. The van der Waals surface area contributed by atoms with Crippen LogP contribution in [-0.2, 0) is 35.7 Å². The van der Waals surface area contributed by atoms with Crippen molar-refractivity contribution in [3.63, 3.8) is 0 Å². The topological polar surface area (TPSA) is 201 Å². The van der Waals surface area contributed by atoms with Crippen LogP contribution in [0.1, 0.15) is 46.0 Å². The number of hydrogen-bond acceptors (Lipinski definition) is 14. The Bertz CT molecular complexity index is 5690. The lowest BCUT2D eigenvalue weighted by Crippen LogP contribution is -2.16. The predicted molar refractivity (Wildman–Crippen MR) is 417 cm³/mol. The summed E-state index contributed by atoms with van der Waals surface area (Å²) in [5, 5.41) is 60.1. The minimum Gasteiger partial charge on any atom is -0.376 e. The number of fused-ring (bicyclic) bond motifs is 4. The first kappa shape index (κ1) is 69.5. The van der Waals surface area contributed by atoms with Crippen molar-refractivity contribution in [3.8, 4) is 90.1 Å². The summed E-state index contributed by atoms with van der Waals surface area (Å²) >= 11 is 27.2. The van der Waals surface area contributed by atoms with Gasteiger partial charge in [-0.15, -0.1) is 40.8 Å². The molecule has 0 N–H and O–H groups in total. The first-order valence-corrected chi connectivity index (χ1v) is 36.3. The predicted octanol–water partition coefficient (Wildman–Crippen LogP) is 19.8. The van der Waals surface area contributed by atoms with Crippen LogP contribution in [0.15, 0.2) is 243 Å². The Balaban J connectivity index is 0.000000113. The number of halogens is 4. The molecule has 9 heterocycles. The smallest absolute Gasteiger partial charge is 0.182 e. The number of aryl methyl sites for hydroxylation is 2. The molecule has 1 atom stereocenters. The van der Waals surface area contributed by atoms with Crippen LogP contribution in [0.4, 0.5) is 0 Å². The standard InChI is InChI=1S/C22H19ClN4O.C21H17ClN4O.C21H17ClN4.C19H15ClN4/c23-19-18-20(15-8-3-1-4-9-15)26-27(14-17-12-7-13-28-17)22(18)25-24-21(19)16-10-5-2-6-11-16;1-14(27)12-13-26-21-17(19(25-26)15-8-4-2-5-9-15)18(22)20(23-24-21)16-10-6-3-7-11-16;22-18-17-19(15-7-3-1-4-8-15)25-26(13-14-11-12-14)21(17)24-23-20(18)16-9-5-2-6-10-16;1-2-24-19-15(17(23-24)13-9-5-3-6-10-13)16(20)18(21-22-19)14-11-7-4-8-12-14/h1-6,8-11,17H,7,12-14H2;2-11H,12-13H2,1H3;1-10,14H,11-13H2;3-12H,2H2,1H3/t17-;;;/m1.../s1. The van der Waals surface area contributed by atoms with Gasteiger partial charge in [-0.25, -0.2) is 18.7 Å². The summed E-state index contributed by atoms with van der Waals surface area (Å²) in [5.74, 6) is 0.788. The molecule has 2 aliphatic rings. The Morgan fingerprint density at radius 2 is 0.619 bits per heavy atom. The molecular weight excluding hydrogens is 1390 g/mol. The fraction of sp³-hybridized carbons (Fsp3) is 0.169. The first-order chi connectivity index (χ1) is 51.6. The summed E-state index contributed by atoms with van der Waals surface area (Å²) in [6, 6.07) is 79.5. The van der Waals surface area contributed by atoms with E-state index in [0.29, 0.717) is 91.8 Å². The molecule has 22 heteroatoms. The zero-order valence-corrected chi connectivity index (χ0v) is 60.3. The number of nitrogens with zero attached hydrogens (tertiary/aromatic N) is 16. The fourth-order valence-corrected chi connectivity index (χ4v) is 14.1. The highest BCUT2D eigenvalue weighted by molar-refractivity contribution is 6.40. The average molecular weight is 1460 g/mol. The van der Waals surface area contributed by atoms with E-state index in [1.807, 2.05) is 251 Å². The van der Waals surface area contributed by atoms with Crippen molar-refractivity contribution >= 4 is 96.3 Å². The number of hydrogen-bond donors (Lipinski definition) is 0. The van der Waals surface area contributed by atoms with Crippen molar-refractivity contribution in [3.05, 3.63) is 263 Å². The van der Waals surface area contributed by atoms with Crippen molar-refractivity contribution in [1.82, 2.24) is 79.9 Å². The molecule has 1 saturated heterocycles. The summed E-state index contributed by atoms with van der Waals surface area (Å²) in [6.45, 7) is 7.07. The van der Waals surface area contributed by atoms with E-state index < -0.39 is 0 Å². The molecular formula is C83H68Cl4N16O2. The number of carbonyl (C=O) groups is 1. The number of aromatic nitrogens is 16.